The van der Waals surface area contributed by atoms with E-state index in [1.807, 2.05) is 25.2 Å². The highest BCUT2D eigenvalue weighted by molar-refractivity contribution is 5.95. The van der Waals surface area contributed by atoms with Crippen molar-refractivity contribution in [2.45, 2.75) is 13.3 Å². The number of urea groups is 1. The molecule has 2 rings (SSSR count). The number of nitrogens with one attached hydrogen (secondary N) is 2. The van der Waals surface area contributed by atoms with E-state index in [1.165, 1.54) is 0 Å². The second-order valence-corrected chi connectivity index (χ2v) is 5.89. The monoisotopic (exact) mass is 340 g/mol. The number of hydrogen-bond donors (Lipinski definition) is 3. The Labute approximate surface area is 148 Å². The van der Waals surface area contributed by atoms with Gasteiger partial charge in [0.05, 0.1) is 0 Å². The lowest BCUT2D eigenvalue weighted by Gasteiger charge is -2.19. The molecule has 0 aliphatic carbocycles. The molecule has 4 N–H and O–H groups in total. The molecule has 6 nitrogen and oxygen atoms in total. The van der Waals surface area contributed by atoms with Crippen LogP contribution in [0.15, 0.2) is 48.5 Å². The van der Waals surface area contributed by atoms with E-state index in [1.54, 1.807) is 25.1 Å². The Balaban J connectivity index is 1.74. The van der Waals surface area contributed by atoms with E-state index in [9.17, 15) is 9.59 Å². The average Bonchev–Trinajstić information content (AvgIpc) is 2.59. The summed E-state index contributed by atoms with van der Waals surface area (Å²) in [6.07, 6.45) is 0.832. The highest BCUT2D eigenvalue weighted by Crippen LogP contribution is 2.14. The fourth-order valence-corrected chi connectivity index (χ4v) is 2.52. The van der Waals surface area contributed by atoms with Crippen LogP contribution in [0.3, 0.4) is 0 Å². The first-order valence-corrected chi connectivity index (χ1v) is 8.19. The van der Waals surface area contributed by atoms with Crippen LogP contribution < -0.4 is 21.3 Å². The van der Waals surface area contributed by atoms with E-state index < -0.39 is 5.91 Å². The number of anilines is 2. The molecule has 6 heteroatoms. The van der Waals surface area contributed by atoms with Crippen molar-refractivity contribution < 1.29 is 9.59 Å². The van der Waals surface area contributed by atoms with E-state index in [4.69, 9.17) is 5.73 Å². The molecule has 0 saturated carbocycles. The number of carbonyl (C=O) groups is 2. The summed E-state index contributed by atoms with van der Waals surface area (Å²) in [6.45, 7) is 3.20. The van der Waals surface area contributed by atoms with Crippen LogP contribution in [0, 0.1) is 6.92 Å². The molecule has 0 fully saturated rings. The molecule has 0 spiro atoms. The number of primary amides is 1. The van der Waals surface area contributed by atoms with E-state index in [-0.39, 0.29) is 6.03 Å². The predicted octanol–water partition coefficient (Wildman–Crippen LogP) is 2.74. The number of rotatable bonds is 7. The van der Waals surface area contributed by atoms with E-state index in [2.05, 4.69) is 27.7 Å². The zero-order valence-corrected chi connectivity index (χ0v) is 14.6. The van der Waals surface area contributed by atoms with Gasteiger partial charge in [-0.3, -0.25) is 4.79 Å². The lowest BCUT2D eigenvalue weighted by atomic mass is 10.1. The number of amides is 3. The van der Waals surface area contributed by atoms with Crippen LogP contribution in [0.2, 0.25) is 0 Å². The van der Waals surface area contributed by atoms with Crippen LogP contribution in [0.1, 0.15) is 22.3 Å². The molecule has 0 heterocycles. The first-order chi connectivity index (χ1) is 12.0. The average molecular weight is 340 g/mol. The Bertz CT molecular complexity index is 731. The van der Waals surface area contributed by atoms with Crippen LogP contribution in [0.5, 0.6) is 0 Å². The molecule has 132 valence electrons. The Morgan fingerprint density at radius 1 is 1.12 bits per heavy atom. The van der Waals surface area contributed by atoms with Gasteiger partial charge in [-0.15, -0.1) is 0 Å². The molecular formula is C19H24N4O2. The molecule has 0 aromatic heterocycles. The number of aryl methyl sites for hydroxylation is 1. The lowest BCUT2D eigenvalue weighted by molar-refractivity contribution is 0.0999. The van der Waals surface area contributed by atoms with Crippen LogP contribution in [0.25, 0.3) is 0 Å². The Kier molecular flexibility index (Phi) is 6.39. The predicted molar refractivity (Wildman–Crippen MR) is 101 cm³/mol. The number of carbonyl (C=O) groups excluding carboxylic acids is 2. The zero-order valence-electron chi connectivity index (χ0n) is 14.6. The number of benzene rings is 2. The van der Waals surface area contributed by atoms with Crippen molar-refractivity contribution in [3.8, 4) is 0 Å². The first-order valence-electron chi connectivity index (χ1n) is 8.19. The van der Waals surface area contributed by atoms with Crippen LogP contribution in [-0.2, 0) is 0 Å². The highest BCUT2D eigenvalue weighted by atomic mass is 16.2. The molecule has 0 saturated heterocycles. The minimum absolute atomic E-state index is 0.270. The largest absolute Gasteiger partial charge is 0.375 e. The molecule has 2 aromatic rings. The van der Waals surface area contributed by atoms with Crippen molar-refractivity contribution in [2.24, 2.45) is 5.73 Å². The number of hydrogen-bond acceptors (Lipinski definition) is 3. The first kappa shape index (κ1) is 18.3. The smallest absolute Gasteiger partial charge is 0.319 e. The normalized spacial score (nSPS) is 10.2. The maximum absolute atomic E-state index is 11.9. The molecule has 0 radical (unpaired) electrons. The molecular weight excluding hydrogens is 316 g/mol. The summed E-state index contributed by atoms with van der Waals surface area (Å²) in [5.74, 6) is -0.476. The number of nitrogens with two attached hydrogens (primary N) is 1. The van der Waals surface area contributed by atoms with Crippen molar-refractivity contribution in [3.63, 3.8) is 0 Å². The van der Waals surface area contributed by atoms with Crippen molar-refractivity contribution >= 4 is 23.3 Å². The fraction of sp³-hybridized carbons (Fsp3) is 0.263. The van der Waals surface area contributed by atoms with Gasteiger partial charge in [-0.05, 0) is 49.2 Å². The van der Waals surface area contributed by atoms with Gasteiger partial charge < -0.3 is 21.3 Å². The summed E-state index contributed by atoms with van der Waals surface area (Å²) >= 11 is 0. The van der Waals surface area contributed by atoms with Gasteiger partial charge in [-0.2, -0.15) is 0 Å². The zero-order chi connectivity index (χ0) is 18.2. The summed E-state index contributed by atoms with van der Waals surface area (Å²) in [7, 11) is 2.03. The molecule has 25 heavy (non-hydrogen) atoms. The maximum Gasteiger partial charge on any atom is 0.319 e. The quantitative estimate of drug-likeness (QED) is 0.677. The van der Waals surface area contributed by atoms with Gasteiger partial charge in [-0.1, -0.05) is 18.2 Å². The molecule has 2 aromatic carbocycles. The van der Waals surface area contributed by atoms with E-state index in [0.717, 1.165) is 24.2 Å². The van der Waals surface area contributed by atoms with E-state index in [0.29, 0.717) is 17.8 Å². The summed E-state index contributed by atoms with van der Waals surface area (Å²) in [5, 5.41) is 5.58. The fourth-order valence-electron chi connectivity index (χ4n) is 2.52. The third kappa shape index (κ3) is 5.53. The second kappa shape index (κ2) is 8.73. The van der Waals surface area contributed by atoms with Crippen LogP contribution in [-0.4, -0.2) is 32.1 Å². The third-order valence-corrected chi connectivity index (χ3v) is 3.90. The second-order valence-electron chi connectivity index (χ2n) is 5.89. The Morgan fingerprint density at radius 2 is 1.84 bits per heavy atom. The SMILES string of the molecule is Cc1cc(NC(=O)NCCCN(C)c2ccccc2)ccc1C(N)=O. The number of para-hydroxylation sites is 1. The van der Waals surface area contributed by atoms with Crippen molar-refractivity contribution in [3.05, 3.63) is 59.7 Å². The lowest BCUT2D eigenvalue weighted by Crippen LogP contribution is -2.31. The minimum Gasteiger partial charge on any atom is -0.375 e. The molecule has 3 amide bonds. The molecule has 0 unspecified atom stereocenters. The Morgan fingerprint density at radius 3 is 2.48 bits per heavy atom. The van der Waals surface area contributed by atoms with Crippen LogP contribution in [0.4, 0.5) is 16.2 Å². The summed E-state index contributed by atoms with van der Waals surface area (Å²) in [4.78, 5) is 25.3. The highest BCUT2D eigenvalue weighted by Gasteiger charge is 2.07. The van der Waals surface area contributed by atoms with Crippen LogP contribution >= 0.6 is 0 Å². The topological polar surface area (TPSA) is 87.5 Å². The van der Waals surface area contributed by atoms with Crippen molar-refractivity contribution in [1.29, 1.82) is 0 Å². The van der Waals surface area contributed by atoms with E-state index >= 15 is 0 Å². The maximum atomic E-state index is 11.9. The van der Waals surface area contributed by atoms with Crippen molar-refractivity contribution in [2.75, 3.05) is 30.4 Å². The molecule has 0 aliphatic heterocycles. The molecule has 0 bridgehead atoms. The Hall–Kier alpha value is -3.02. The minimum atomic E-state index is -0.476. The standard InChI is InChI=1S/C19H24N4O2/c1-14-13-15(9-10-17(14)18(20)24)22-19(25)21-11-6-12-23(2)16-7-4-3-5-8-16/h3-5,7-10,13H,6,11-12H2,1-2H3,(H2,20,24)(H2,21,22,25). The summed E-state index contributed by atoms with van der Waals surface area (Å²) in [5.41, 5.74) is 8.23. The van der Waals surface area contributed by atoms with Gasteiger partial charge in [0.2, 0.25) is 5.91 Å². The number of nitrogens with zero attached hydrogens (tertiary/aromatic N) is 1. The van der Waals surface area contributed by atoms with Gasteiger partial charge >= 0.3 is 6.03 Å². The van der Waals surface area contributed by atoms with Gasteiger partial charge in [-0.25, -0.2) is 4.79 Å². The van der Waals surface area contributed by atoms with Gasteiger partial charge in [0.15, 0.2) is 0 Å². The van der Waals surface area contributed by atoms with Crippen molar-refractivity contribution in [1.82, 2.24) is 5.32 Å². The molecule has 0 aliphatic rings. The van der Waals surface area contributed by atoms with Gasteiger partial charge in [0.1, 0.15) is 0 Å². The third-order valence-electron chi connectivity index (χ3n) is 3.90. The summed E-state index contributed by atoms with van der Waals surface area (Å²) in [6, 6.07) is 14.8. The summed E-state index contributed by atoms with van der Waals surface area (Å²) < 4.78 is 0. The van der Waals surface area contributed by atoms with Gasteiger partial charge in [0, 0.05) is 37.1 Å². The van der Waals surface area contributed by atoms with Gasteiger partial charge in [0.25, 0.3) is 0 Å². The molecule has 0 atom stereocenters.